The number of hydrogen-bond acceptors (Lipinski definition) is 7. The summed E-state index contributed by atoms with van der Waals surface area (Å²) in [7, 11) is -1.97. The Kier molecular flexibility index (Phi) is 7.58. The first-order valence-electron chi connectivity index (χ1n) is 14.2. The van der Waals surface area contributed by atoms with E-state index in [-0.39, 0.29) is 29.6 Å². The van der Waals surface area contributed by atoms with Crippen LogP contribution in [0.3, 0.4) is 0 Å². The first-order valence-corrected chi connectivity index (χ1v) is 17.2. The molecule has 0 unspecified atom stereocenters. The highest BCUT2D eigenvalue weighted by atomic mass is 28.4. The zero-order valence-electron chi connectivity index (χ0n) is 25.1. The lowest BCUT2D eigenvalue weighted by atomic mass is 10.0. The van der Waals surface area contributed by atoms with Gasteiger partial charge in [0, 0.05) is 66.0 Å². The van der Waals surface area contributed by atoms with E-state index < -0.39 is 13.9 Å². The van der Waals surface area contributed by atoms with Crippen LogP contribution in [-0.2, 0) is 27.7 Å². The fourth-order valence-corrected chi connectivity index (χ4v) is 5.83. The minimum absolute atomic E-state index is 0.0204. The molecular formula is C31H40N6O3Si. The fourth-order valence-electron chi connectivity index (χ4n) is 4.68. The summed E-state index contributed by atoms with van der Waals surface area (Å²) in [6.45, 7) is 16.1. The summed E-state index contributed by atoms with van der Waals surface area (Å²) < 4.78 is 10.3. The third-order valence-corrected chi connectivity index (χ3v) is 12.9. The highest BCUT2D eigenvalue weighted by Gasteiger charge is 2.39. The molecule has 4 aromatic rings. The molecule has 0 N–H and O–H groups in total. The van der Waals surface area contributed by atoms with Crippen LogP contribution in [0.4, 0.5) is 0 Å². The molecule has 1 saturated carbocycles. The molecule has 10 heteroatoms. The molecule has 1 fully saturated rings. The number of aromatic nitrogens is 6. The monoisotopic (exact) mass is 572 g/mol. The van der Waals surface area contributed by atoms with E-state index in [0.29, 0.717) is 29.2 Å². The fraction of sp³-hybridized carbons (Fsp3) is 0.484. The maximum Gasteiger partial charge on any atom is 0.196 e. The molecule has 4 aromatic heterocycles. The quantitative estimate of drug-likeness (QED) is 0.168. The van der Waals surface area contributed by atoms with Gasteiger partial charge in [0.1, 0.15) is 6.54 Å². The summed E-state index contributed by atoms with van der Waals surface area (Å²) in [5.41, 5.74) is 3.15. The lowest BCUT2D eigenvalue weighted by molar-refractivity contribution is -0.119. The normalized spacial score (nSPS) is 14.5. The average Bonchev–Trinajstić information content (AvgIpc) is 3.53. The second-order valence-corrected chi connectivity index (χ2v) is 18.2. The number of fused-ring (bicyclic) bond motifs is 1. The zero-order chi connectivity index (χ0) is 29.6. The van der Waals surface area contributed by atoms with Crippen LogP contribution in [0.1, 0.15) is 80.6 Å². The van der Waals surface area contributed by atoms with Gasteiger partial charge in [-0.25, -0.2) is 4.68 Å². The Labute approximate surface area is 242 Å². The van der Waals surface area contributed by atoms with Crippen LogP contribution >= 0.6 is 0 Å². The number of rotatable bonds is 11. The second kappa shape index (κ2) is 10.7. The van der Waals surface area contributed by atoms with Gasteiger partial charge in [0.05, 0.1) is 23.4 Å². The Bertz CT molecular complexity index is 1590. The molecule has 1 aliphatic carbocycles. The SMILES string of the molecule is CC(C)(CO[Si](C)(C)C(C)(C)C)n1cc(C(=O)c2cncc(CC(=O)Cn3cc(C4CC4)nn3)c2)c2cnccc21. The number of carbonyl (C=O) groups is 2. The Morgan fingerprint density at radius 1 is 1.05 bits per heavy atom. The van der Waals surface area contributed by atoms with E-state index in [4.69, 9.17) is 4.43 Å². The summed E-state index contributed by atoms with van der Waals surface area (Å²) in [5, 5.41) is 9.15. The molecule has 0 aliphatic heterocycles. The minimum atomic E-state index is -1.97. The van der Waals surface area contributed by atoms with Gasteiger partial charge in [0.2, 0.25) is 0 Å². The number of hydrogen-bond donors (Lipinski definition) is 0. The van der Waals surface area contributed by atoms with E-state index >= 15 is 0 Å². The zero-order valence-corrected chi connectivity index (χ0v) is 26.1. The molecule has 0 saturated heterocycles. The van der Waals surface area contributed by atoms with Gasteiger partial charge in [-0.1, -0.05) is 26.0 Å². The van der Waals surface area contributed by atoms with Gasteiger partial charge in [-0.2, -0.15) is 0 Å². The molecule has 4 heterocycles. The van der Waals surface area contributed by atoms with Crippen LogP contribution in [-0.4, -0.2) is 56.0 Å². The van der Waals surface area contributed by atoms with Gasteiger partial charge in [-0.05, 0) is 62.5 Å². The maximum absolute atomic E-state index is 13.8. The van der Waals surface area contributed by atoms with E-state index in [1.165, 1.54) is 0 Å². The molecule has 1 aliphatic rings. The molecule has 0 aromatic carbocycles. The standard InChI is InChI=1S/C31H40N6O3Si/c1-30(2,3)41(6,7)40-20-31(4,5)37-18-26(25-16-32-11-10-28(25)37)29(39)23-12-21(14-33-15-23)13-24(38)17-36-19-27(34-35-36)22-8-9-22/h10-12,14-16,18-19,22H,8-9,13,17,20H2,1-7H3. The predicted molar refractivity (Wildman–Crippen MR) is 161 cm³/mol. The maximum atomic E-state index is 13.8. The summed E-state index contributed by atoms with van der Waals surface area (Å²) >= 11 is 0. The van der Waals surface area contributed by atoms with Gasteiger partial charge in [-0.15, -0.1) is 5.10 Å². The van der Waals surface area contributed by atoms with Crippen LogP contribution in [0.15, 0.2) is 49.3 Å². The first kappa shape index (κ1) is 29.0. The molecule has 41 heavy (non-hydrogen) atoms. The first-order chi connectivity index (χ1) is 19.2. The molecule has 0 amide bonds. The van der Waals surface area contributed by atoms with Crippen molar-refractivity contribution in [3.8, 4) is 0 Å². The van der Waals surface area contributed by atoms with Crippen molar-refractivity contribution < 1.29 is 14.0 Å². The van der Waals surface area contributed by atoms with Crippen LogP contribution in [0.5, 0.6) is 0 Å². The Morgan fingerprint density at radius 3 is 2.51 bits per heavy atom. The van der Waals surface area contributed by atoms with Crippen molar-refractivity contribution in [3.63, 3.8) is 0 Å². The molecule has 5 rings (SSSR count). The van der Waals surface area contributed by atoms with E-state index in [2.05, 4.69) is 72.6 Å². The lowest BCUT2D eigenvalue weighted by Gasteiger charge is -2.39. The third kappa shape index (κ3) is 6.23. The van der Waals surface area contributed by atoms with E-state index in [1.807, 2.05) is 18.5 Å². The highest BCUT2D eigenvalue weighted by molar-refractivity contribution is 6.74. The number of carbonyl (C=O) groups excluding carboxylic acids is 2. The second-order valence-electron chi connectivity index (χ2n) is 13.4. The lowest BCUT2D eigenvalue weighted by Crippen LogP contribution is -2.45. The molecular weight excluding hydrogens is 532 g/mol. The third-order valence-electron chi connectivity index (χ3n) is 8.44. The molecule has 0 bridgehead atoms. The molecule has 216 valence electrons. The van der Waals surface area contributed by atoms with Crippen molar-refractivity contribution in [2.45, 2.75) is 90.0 Å². The Morgan fingerprint density at radius 2 is 1.80 bits per heavy atom. The van der Waals surface area contributed by atoms with Crippen molar-refractivity contribution in [3.05, 3.63) is 71.7 Å². The molecule has 0 radical (unpaired) electrons. The Hall–Kier alpha value is -3.50. The van der Waals surface area contributed by atoms with Gasteiger partial charge in [0.15, 0.2) is 19.9 Å². The summed E-state index contributed by atoms with van der Waals surface area (Å²) in [6, 6.07) is 3.70. The number of pyridine rings is 2. The average molecular weight is 573 g/mol. The van der Waals surface area contributed by atoms with E-state index in [1.54, 1.807) is 35.5 Å². The highest BCUT2D eigenvalue weighted by Crippen LogP contribution is 2.39. The van der Waals surface area contributed by atoms with E-state index in [9.17, 15) is 9.59 Å². The van der Waals surface area contributed by atoms with Crippen molar-refractivity contribution in [2.75, 3.05) is 6.61 Å². The Balaban J connectivity index is 1.36. The van der Waals surface area contributed by atoms with E-state index in [0.717, 1.165) is 29.4 Å². The van der Waals surface area contributed by atoms with Crippen LogP contribution < -0.4 is 0 Å². The van der Waals surface area contributed by atoms with Crippen LogP contribution in [0.2, 0.25) is 18.1 Å². The summed E-state index contributed by atoms with van der Waals surface area (Å²) in [4.78, 5) is 35.2. The van der Waals surface area contributed by atoms with Gasteiger partial charge >= 0.3 is 0 Å². The summed E-state index contributed by atoms with van der Waals surface area (Å²) in [5.74, 6) is 0.310. The topological polar surface area (TPSA) is 105 Å². The molecule has 9 nitrogen and oxygen atoms in total. The van der Waals surface area contributed by atoms with Crippen molar-refractivity contribution in [1.29, 1.82) is 0 Å². The number of nitrogens with zero attached hydrogens (tertiary/aromatic N) is 6. The van der Waals surface area contributed by atoms with Gasteiger partial charge in [0.25, 0.3) is 0 Å². The molecule has 0 atom stereocenters. The van der Waals surface area contributed by atoms with Gasteiger partial charge < -0.3 is 8.99 Å². The molecule has 0 spiro atoms. The van der Waals surface area contributed by atoms with Crippen molar-refractivity contribution >= 4 is 30.8 Å². The largest absolute Gasteiger partial charge is 0.414 e. The van der Waals surface area contributed by atoms with Crippen LogP contribution in [0, 0.1) is 0 Å². The number of Topliss-reactive ketones (excluding diaryl/α,β-unsaturated/α-hetero) is 1. The minimum Gasteiger partial charge on any atom is -0.414 e. The summed E-state index contributed by atoms with van der Waals surface area (Å²) in [6.07, 6.45) is 12.9. The predicted octanol–water partition coefficient (Wildman–Crippen LogP) is 5.70. The van der Waals surface area contributed by atoms with Gasteiger partial charge in [-0.3, -0.25) is 19.6 Å². The van der Waals surface area contributed by atoms with Crippen molar-refractivity contribution in [1.82, 2.24) is 29.5 Å². The number of ketones is 2. The smallest absolute Gasteiger partial charge is 0.196 e. The van der Waals surface area contributed by atoms with Crippen molar-refractivity contribution in [2.24, 2.45) is 0 Å². The van der Waals surface area contributed by atoms with Crippen LogP contribution in [0.25, 0.3) is 10.9 Å².